The van der Waals surface area contributed by atoms with Crippen LogP contribution in [0.25, 0.3) is 0 Å². The molecule has 0 spiro atoms. The second kappa shape index (κ2) is 4.29. The van der Waals surface area contributed by atoms with E-state index in [2.05, 4.69) is 23.3 Å². The molecule has 0 amide bonds. The first-order valence-electron chi connectivity index (χ1n) is 5.62. The van der Waals surface area contributed by atoms with Gasteiger partial charge in [0.15, 0.2) is 0 Å². The molecule has 0 bridgehead atoms. The van der Waals surface area contributed by atoms with Gasteiger partial charge in [-0.25, -0.2) is 0 Å². The Kier molecular flexibility index (Phi) is 3.05. The van der Waals surface area contributed by atoms with Crippen molar-refractivity contribution in [3.8, 4) is 6.07 Å². The van der Waals surface area contributed by atoms with E-state index in [0.717, 1.165) is 38.4 Å². The van der Waals surface area contributed by atoms with Crippen LogP contribution >= 0.6 is 0 Å². The van der Waals surface area contributed by atoms with Gasteiger partial charge in [-0.3, -0.25) is 0 Å². The van der Waals surface area contributed by atoms with Crippen LogP contribution in [0, 0.1) is 23.2 Å². The summed E-state index contributed by atoms with van der Waals surface area (Å²) < 4.78 is 0. The molecule has 2 fully saturated rings. The molecule has 3 nitrogen and oxygen atoms in total. The fourth-order valence-corrected chi connectivity index (χ4v) is 2.84. The number of nitrogens with zero attached hydrogens (tertiary/aromatic N) is 2. The van der Waals surface area contributed by atoms with Crippen LogP contribution in [0.1, 0.15) is 19.3 Å². The lowest BCUT2D eigenvalue weighted by molar-refractivity contribution is 0.143. The first-order valence-corrected chi connectivity index (χ1v) is 5.62. The summed E-state index contributed by atoms with van der Waals surface area (Å²) in [7, 11) is 2.21. The number of hydrogen-bond donors (Lipinski definition) is 1. The van der Waals surface area contributed by atoms with E-state index in [9.17, 15) is 0 Å². The maximum Gasteiger partial charge on any atom is 0.0655 e. The molecule has 2 aliphatic rings. The standard InChI is InChI=1S/C11H19N3/c1-14-5-4-13-8-11(14)10-3-2-9(6-10)7-12/h9-11,13H,2-6,8H2,1H3. The lowest BCUT2D eigenvalue weighted by Gasteiger charge is -2.37. The van der Waals surface area contributed by atoms with Gasteiger partial charge in [0.2, 0.25) is 0 Å². The molecule has 1 N–H and O–H groups in total. The Hall–Kier alpha value is -0.590. The zero-order chi connectivity index (χ0) is 9.97. The fourth-order valence-electron chi connectivity index (χ4n) is 2.84. The van der Waals surface area contributed by atoms with E-state index >= 15 is 0 Å². The van der Waals surface area contributed by atoms with Gasteiger partial charge in [-0.15, -0.1) is 0 Å². The lowest BCUT2D eigenvalue weighted by Crippen LogP contribution is -2.52. The second-order valence-corrected chi connectivity index (χ2v) is 4.65. The molecule has 0 radical (unpaired) electrons. The molecule has 0 aromatic rings. The van der Waals surface area contributed by atoms with Gasteiger partial charge in [0.1, 0.15) is 0 Å². The third-order valence-corrected chi connectivity index (χ3v) is 3.76. The molecule has 14 heavy (non-hydrogen) atoms. The Morgan fingerprint density at radius 1 is 1.43 bits per heavy atom. The minimum Gasteiger partial charge on any atom is -0.314 e. The quantitative estimate of drug-likeness (QED) is 0.670. The summed E-state index contributed by atoms with van der Waals surface area (Å²) in [6, 6.07) is 3.08. The van der Waals surface area contributed by atoms with Crippen LogP contribution < -0.4 is 5.32 Å². The number of nitriles is 1. The average molecular weight is 193 g/mol. The molecular formula is C11H19N3. The van der Waals surface area contributed by atoms with Crippen LogP contribution in [0.3, 0.4) is 0 Å². The smallest absolute Gasteiger partial charge is 0.0655 e. The topological polar surface area (TPSA) is 39.1 Å². The lowest BCUT2D eigenvalue weighted by atomic mass is 9.94. The first kappa shape index (κ1) is 9.95. The van der Waals surface area contributed by atoms with Crippen LogP contribution in [0.5, 0.6) is 0 Å². The maximum atomic E-state index is 8.87. The van der Waals surface area contributed by atoms with E-state index in [0.29, 0.717) is 12.0 Å². The van der Waals surface area contributed by atoms with Gasteiger partial charge >= 0.3 is 0 Å². The summed E-state index contributed by atoms with van der Waals surface area (Å²) in [5, 5.41) is 12.3. The summed E-state index contributed by atoms with van der Waals surface area (Å²) in [5.74, 6) is 1.08. The van der Waals surface area contributed by atoms with Crippen molar-refractivity contribution in [2.75, 3.05) is 26.7 Å². The number of nitrogens with one attached hydrogen (secondary N) is 1. The van der Waals surface area contributed by atoms with Crippen LogP contribution in [-0.2, 0) is 0 Å². The van der Waals surface area contributed by atoms with Crippen molar-refractivity contribution in [1.29, 1.82) is 5.26 Å². The zero-order valence-electron chi connectivity index (χ0n) is 8.87. The van der Waals surface area contributed by atoms with Gasteiger partial charge < -0.3 is 10.2 Å². The monoisotopic (exact) mass is 193 g/mol. The maximum absolute atomic E-state index is 8.87. The van der Waals surface area contributed by atoms with Crippen molar-refractivity contribution in [1.82, 2.24) is 10.2 Å². The van der Waals surface area contributed by atoms with E-state index in [-0.39, 0.29) is 0 Å². The van der Waals surface area contributed by atoms with Gasteiger partial charge in [-0.2, -0.15) is 5.26 Å². The van der Waals surface area contributed by atoms with Crippen LogP contribution in [0.15, 0.2) is 0 Å². The molecular weight excluding hydrogens is 174 g/mol. The van der Waals surface area contributed by atoms with Crippen LogP contribution in [0.4, 0.5) is 0 Å². The van der Waals surface area contributed by atoms with Gasteiger partial charge in [-0.1, -0.05) is 0 Å². The Bertz CT molecular complexity index is 233. The predicted octanol–water partition coefficient (Wildman–Crippen LogP) is 0.830. The minimum atomic E-state index is 0.329. The van der Waals surface area contributed by atoms with Crippen molar-refractivity contribution in [2.24, 2.45) is 11.8 Å². The van der Waals surface area contributed by atoms with Crippen LogP contribution in [-0.4, -0.2) is 37.6 Å². The first-order chi connectivity index (χ1) is 6.81. The highest BCUT2D eigenvalue weighted by molar-refractivity contribution is 4.95. The fraction of sp³-hybridized carbons (Fsp3) is 0.909. The highest BCUT2D eigenvalue weighted by Crippen LogP contribution is 2.34. The number of piperazine rings is 1. The van der Waals surface area contributed by atoms with Gasteiger partial charge in [0.05, 0.1) is 6.07 Å². The molecule has 1 heterocycles. The molecule has 78 valence electrons. The molecule has 3 atom stereocenters. The normalized spacial score (nSPS) is 39.6. The summed E-state index contributed by atoms with van der Waals surface area (Å²) in [5.41, 5.74) is 0. The molecule has 3 heteroatoms. The number of hydrogen-bond acceptors (Lipinski definition) is 3. The molecule has 1 aliphatic carbocycles. The summed E-state index contributed by atoms with van der Waals surface area (Å²) in [6.07, 6.45) is 3.48. The highest BCUT2D eigenvalue weighted by atomic mass is 15.2. The van der Waals surface area contributed by atoms with Crippen LogP contribution in [0.2, 0.25) is 0 Å². The number of rotatable bonds is 1. The minimum absolute atomic E-state index is 0.329. The molecule has 1 aliphatic heterocycles. The summed E-state index contributed by atoms with van der Waals surface area (Å²) in [6.45, 7) is 3.37. The van der Waals surface area contributed by atoms with Crippen molar-refractivity contribution in [3.63, 3.8) is 0 Å². The Balaban J connectivity index is 1.92. The van der Waals surface area contributed by atoms with Gasteiger partial charge in [0.25, 0.3) is 0 Å². The van der Waals surface area contributed by atoms with Crippen molar-refractivity contribution < 1.29 is 0 Å². The zero-order valence-corrected chi connectivity index (χ0v) is 8.87. The Labute approximate surface area is 86.1 Å². The van der Waals surface area contributed by atoms with E-state index in [1.165, 1.54) is 6.42 Å². The summed E-state index contributed by atoms with van der Waals surface area (Å²) in [4.78, 5) is 2.46. The van der Waals surface area contributed by atoms with E-state index in [4.69, 9.17) is 5.26 Å². The SMILES string of the molecule is CN1CCNCC1C1CCC(C#N)C1. The number of likely N-dealkylation sites (N-methyl/N-ethyl adjacent to an activating group) is 1. The predicted molar refractivity (Wildman–Crippen MR) is 55.7 cm³/mol. The third kappa shape index (κ3) is 1.92. The van der Waals surface area contributed by atoms with Crippen molar-refractivity contribution in [2.45, 2.75) is 25.3 Å². The molecule has 1 saturated carbocycles. The van der Waals surface area contributed by atoms with Crippen molar-refractivity contribution >= 4 is 0 Å². The second-order valence-electron chi connectivity index (χ2n) is 4.65. The Morgan fingerprint density at radius 3 is 2.93 bits per heavy atom. The largest absolute Gasteiger partial charge is 0.314 e. The molecule has 2 rings (SSSR count). The van der Waals surface area contributed by atoms with Gasteiger partial charge in [-0.05, 0) is 32.2 Å². The van der Waals surface area contributed by atoms with Crippen molar-refractivity contribution in [3.05, 3.63) is 0 Å². The Morgan fingerprint density at radius 2 is 2.29 bits per heavy atom. The molecule has 0 aromatic carbocycles. The van der Waals surface area contributed by atoms with E-state index in [1.807, 2.05) is 0 Å². The average Bonchev–Trinajstić information content (AvgIpc) is 2.67. The molecule has 3 unspecified atom stereocenters. The summed E-state index contributed by atoms with van der Waals surface area (Å²) >= 11 is 0. The van der Waals surface area contributed by atoms with Gasteiger partial charge in [0, 0.05) is 31.6 Å². The van der Waals surface area contributed by atoms with E-state index < -0.39 is 0 Å². The molecule has 0 aromatic heterocycles. The molecule has 1 saturated heterocycles. The highest BCUT2D eigenvalue weighted by Gasteiger charge is 2.33. The van der Waals surface area contributed by atoms with E-state index in [1.54, 1.807) is 0 Å². The third-order valence-electron chi connectivity index (χ3n) is 3.76.